The minimum absolute atomic E-state index is 0.0268. The number of rotatable bonds is 5. The summed E-state index contributed by atoms with van der Waals surface area (Å²) >= 11 is 0. The van der Waals surface area contributed by atoms with Crippen LogP contribution in [0.5, 0.6) is 0 Å². The van der Waals surface area contributed by atoms with Crippen molar-refractivity contribution in [1.82, 2.24) is 19.6 Å². The number of hydrogen-bond donors (Lipinski definition) is 2. The van der Waals surface area contributed by atoms with Crippen LogP contribution in [0.4, 0.5) is 0 Å². The van der Waals surface area contributed by atoms with E-state index < -0.39 is 10.0 Å². The number of imidazole rings is 1. The van der Waals surface area contributed by atoms with Gasteiger partial charge in [-0.1, -0.05) is 6.92 Å². The fraction of sp³-hybridized carbons (Fsp3) is 0.750. The van der Waals surface area contributed by atoms with Crippen molar-refractivity contribution in [2.75, 3.05) is 13.1 Å². The molecule has 0 amide bonds. The van der Waals surface area contributed by atoms with Crippen LogP contribution in [-0.2, 0) is 16.4 Å². The predicted molar refractivity (Wildman–Crippen MR) is 71.3 cm³/mol. The Morgan fingerprint density at radius 2 is 2.26 bits per heavy atom. The number of hydrogen-bond acceptors (Lipinski definition) is 4. The molecule has 1 aromatic rings. The smallest absolute Gasteiger partial charge is 0.257 e. The van der Waals surface area contributed by atoms with Gasteiger partial charge in [0, 0.05) is 31.6 Å². The van der Waals surface area contributed by atoms with Crippen LogP contribution < -0.4 is 4.72 Å². The zero-order chi connectivity index (χ0) is 13.5. The second kappa shape index (κ2) is 4.88. The van der Waals surface area contributed by atoms with Crippen LogP contribution in [0.2, 0.25) is 0 Å². The first kappa shape index (κ1) is 13.1. The van der Waals surface area contributed by atoms with E-state index in [1.807, 2.05) is 6.92 Å². The number of nitrogens with one attached hydrogen (secondary N) is 2. The fourth-order valence-corrected chi connectivity index (χ4v) is 3.80. The summed E-state index contributed by atoms with van der Waals surface area (Å²) in [7, 11) is -3.46. The third-order valence-electron chi connectivity index (χ3n) is 3.83. The van der Waals surface area contributed by atoms with Gasteiger partial charge in [-0.05, 0) is 19.3 Å². The molecule has 2 heterocycles. The van der Waals surface area contributed by atoms with Crippen molar-refractivity contribution in [3.05, 3.63) is 12.0 Å². The molecule has 1 saturated carbocycles. The standard InChI is InChI=1S/C12H20N4O2S/c1-2-11-13-7-12(14-11)19(17,18)15-9-5-6-16(8-9)10-3-4-10/h7,9-10,15H,2-6,8H2,1H3,(H,13,14). The number of H-pyrrole nitrogens is 1. The van der Waals surface area contributed by atoms with E-state index in [2.05, 4.69) is 19.6 Å². The Kier molecular flexibility index (Phi) is 3.36. The van der Waals surface area contributed by atoms with Gasteiger partial charge < -0.3 is 4.98 Å². The summed E-state index contributed by atoms with van der Waals surface area (Å²) in [4.78, 5) is 9.28. The second-order valence-corrected chi connectivity index (χ2v) is 7.06. The van der Waals surface area contributed by atoms with Gasteiger partial charge in [-0.25, -0.2) is 18.1 Å². The van der Waals surface area contributed by atoms with Gasteiger partial charge in [-0.15, -0.1) is 0 Å². The molecule has 19 heavy (non-hydrogen) atoms. The normalized spacial score (nSPS) is 25.0. The molecule has 7 heteroatoms. The Hall–Kier alpha value is -0.920. The molecule has 0 bridgehead atoms. The van der Waals surface area contributed by atoms with Crippen LogP contribution in [0, 0.1) is 0 Å². The molecule has 3 rings (SSSR count). The van der Waals surface area contributed by atoms with Crippen molar-refractivity contribution in [3.8, 4) is 0 Å². The maximum atomic E-state index is 12.2. The van der Waals surface area contributed by atoms with E-state index in [1.54, 1.807) is 0 Å². The molecule has 1 aliphatic heterocycles. The number of sulfonamides is 1. The number of nitrogens with zero attached hydrogens (tertiary/aromatic N) is 2. The lowest BCUT2D eigenvalue weighted by Gasteiger charge is -2.15. The molecule has 2 N–H and O–H groups in total. The summed E-state index contributed by atoms with van der Waals surface area (Å²) in [6, 6.07) is 0.729. The highest BCUT2D eigenvalue weighted by Crippen LogP contribution is 2.30. The molecule has 2 aliphatic rings. The Labute approximate surface area is 113 Å². The van der Waals surface area contributed by atoms with Crippen molar-refractivity contribution in [3.63, 3.8) is 0 Å². The Morgan fingerprint density at radius 1 is 1.47 bits per heavy atom. The molecule has 1 unspecified atom stereocenters. The molecule has 6 nitrogen and oxygen atoms in total. The van der Waals surface area contributed by atoms with Crippen molar-refractivity contribution in [2.45, 2.75) is 49.7 Å². The van der Waals surface area contributed by atoms with Gasteiger partial charge in [-0.3, -0.25) is 4.90 Å². The van der Waals surface area contributed by atoms with E-state index in [0.29, 0.717) is 18.3 Å². The lowest BCUT2D eigenvalue weighted by atomic mass is 10.3. The molecular formula is C12H20N4O2S. The summed E-state index contributed by atoms with van der Waals surface area (Å²) < 4.78 is 27.2. The highest BCUT2D eigenvalue weighted by Gasteiger charge is 2.36. The van der Waals surface area contributed by atoms with Crippen LogP contribution in [0.25, 0.3) is 0 Å². The van der Waals surface area contributed by atoms with Gasteiger partial charge in [0.2, 0.25) is 0 Å². The molecule has 1 aliphatic carbocycles. The van der Waals surface area contributed by atoms with Crippen LogP contribution in [0.3, 0.4) is 0 Å². The number of aromatic nitrogens is 2. The highest BCUT2D eigenvalue weighted by atomic mass is 32.2. The van der Waals surface area contributed by atoms with Gasteiger partial charge in [0.15, 0.2) is 5.03 Å². The van der Waals surface area contributed by atoms with Crippen molar-refractivity contribution in [1.29, 1.82) is 0 Å². The molecule has 2 fully saturated rings. The fourth-order valence-electron chi connectivity index (χ4n) is 2.60. The topological polar surface area (TPSA) is 78.1 Å². The average Bonchev–Trinajstić information content (AvgIpc) is 2.92. The first-order valence-electron chi connectivity index (χ1n) is 6.89. The Balaban J connectivity index is 1.64. The minimum atomic E-state index is -3.46. The Bertz CT molecular complexity index is 550. The molecule has 0 aromatic carbocycles. The zero-order valence-corrected chi connectivity index (χ0v) is 11.9. The molecule has 1 aromatic heterocycles. The van der Waals surface area contributed by atoms with Gasteiger partial charge in [0.1, 0.15) is 5.82 Å². The summed E-state index contributed by atoms with van der Waals surface area (Å²) in [6.07, 6.45) is 5.52. The lowest BCUT2D eigenvalue weighted by Crippen LogP contribution is -2.37. The van der Waals surface area contributed by atoms with Crippen molar-refractivity contribution >= 4 is 10.0 Å². The lowest BCUT2D eigenvalue weighted by molar-refractivity contribution is 0.322. The van der Waals surface area contributed by atoms with Gasteiger partial charge in [0.25, 0.3) is 10.0 Å². The predicted octanol–water partition coefficient (Wildman–Crippen LogP) is 0.487. The number of aromatic amines is 1. The van der Waals surface area contributed by atoms with Gasteiger partial charge >= 0.3 is 0 Å². The van der Waals surface area contributed by atoms with Crippen LogP contribution >= 0.6 is 0 Å². The van der Waals surface area contributed by atoms with Crippen LogP contribution in [0.15, 0.2) is 11.2 Å². The maximum absolute atomic E-state index is 12.2. The largest absolute Gasteiger partial charge is 0.332 e. The molecule has 1 atom stereocenters. The van der Waals surface area contributed by atoms with E-state index in [-0.39, 0.29) is 11.1 Å². The first-order chi connectivity index (χ1) is 9.08. The quantitative estimate of drug-likeness (QED) is 0.825. The van der Waals surface area contributed by atoms with Crippen molar-refractivity contribution < 1.29 is 8.42 Å². The van der Waals surface area contributed by atoms with E-state index >= 15 is 0 Å². The van der Waals surface area contributed by atoms with Gasteiger partial charge in [0.05, 0.1) is 6.20 Å². The zero-order valence-electron chi connectivity index (χ0n) is 11.1. The summed E-state index contributed by atoms with van der Waals surface area (Å²) in [5, 5.41) is 0.175. The summed E-state index contributed by atoms with van der Waals surface area (Å²) in [5.74, 6) is 0.700. The van der Waals surface area contributed by atoms with E-state index in [4.69, 9.17) is 0 Å². The van der Waals surface area contributed by atoms with Crippen molar-refractivity contribution in [2.24, 2.45) is 0 Å². The third kappa shape index (κ3) is 2.82. The van der Waals surface area contributed by atoms with E-state index in [0.717, 1.165) is 19.5 Å². The number of aryl methyl sites for hydroxylation is 1. The number of likely N-dealkylation sites (tertiary alicyclic amines) is 1. The average molecular weight is 284 g/mol. The van der Waals surface area contributed by atoms with Crippen LogP contribution in [0.1, 0.15) is 32.0 Å². The molecule has 0 spiro atoms. The Morgan fingerprint density at radius 3 is 2.89 bits per heavy atom. The molecule has 106 valence electrons. The summed E-state index contributed by atoms with van der Waals surface area (Å²) in [5.41, 5.74) is 0. The SMILES string of the molecule is CCc1ncc(S(=O)(=O)NC2CCN(C3CC3)C2)[nH]1. The van der Waals surface area contributed by atoms with Crippen LogP contribution in [-0.4, -0.2) is 48.5 Å². The second-order valence-electron chi connectivity index (χ2n) is 5.38. The van der Waals surface area contributed by atoms with Gasteiger partial charge in [-0.2, -0.15) is 0 Å². The monoisotopic (exact) mass is 284 g/mol. The third-order valence-corrected chi connectivity index (χ3v) is 5.26. The summed E-state index contributed by atoms with van der Waals surface area (Å²) in [6.45, 7) is 3.77. The maximum Gasteiger partial charge on any atom is 0.257 e. The molecular weight excluding hydrogens is 264 g/mol. The van der Waals surface area contributed by atoms with E-state index in [1.165, 1.54) is 19.0 Å². The van der Waals surface area contributed by atoms with E-state index in [9.17, 15) is 8.42 Å². The molecule has 1 saturated heterocycles. The molecule has 0 radical (unpaired) electrons. The minimum Gasteiger partial charge on any atom is -0.332 e. The first-order valence-corrected chi connectivity index (χ1v) is 8.37. The highest BCUT2D eigenvalue weighted by molar-refractivity contribution is 7.89.